The first-order valence-electron chi connectivity index (χ1n) is 8.67. The molecule has 3 aliphatic rings. The topological polar surface area (TPSA) is 70.6 Å². The maximum Gasteiger partial charge on any atom is 0.273 e. The van der Waals surface area contributed by atoms with E-state index in [-0.39, 0.29) is 16.6 Å². The average molecular weight is 370 g/mol. The van der Waals surface area contributed by atoms with Crippen molar-refractivity contribution in [3.8, 4) is 0 Å². The minimum atomic E-state index is -3.04. The highest BCUT2D eigenvalue weighted by atomic mass is 32.2. The number of likely N-dealkylation sites (tertiary alicyclic amines) is 1. The van der Waals surface area contributed by atoms with E-state index in [1.54, 1.807) is 15.2 Å². The molecule has 1 saturated carbocycles. The molecular formula is C16H23N3O3S2. The molecule has 0 radical (unpaired) electrons. The first-order valence-corrected chi connectivity index (χ1v) is 11.1. The van der Waals surface area contributed by atoms with Crippen molar-refractivity contribution >= 4 is 27.3 Å². The minimum Gasteiger partial charge on any atom is -0.337 e. The van der Waals surface area contributed by atoms with Crippen molar-refractivity contribution < 1.29 is 13.2 Å². The summed E-state index contributed by atoms with van der Waals surface area (Å²) in [6, 6.07) is 0. The van der Waals surface area contributed by atoms with Gasteiger partial charge < -0.3 is 4.90 Å². The van der Waals surface area contributed by atoms with E-state index >= 15 is 0 Å². The Balaban J connectivity index is 1.34. The van der Waals surface area contributed by atoms with Crippen LogP contribution in [0.5, 0.6) is 0 Å². The molecule has 2 saturated heterocycles. The van der Waals surface area contributed by atoms with Crippen LogP contribution in [0, 0.1) is 5.41 Å². The maximum absolute atomic E-state index is 12.4. The van der Waals surface area contributed by atoms with Gasteiger partial charge in [-0.05, 0) is 43.9 Å². The average Bonchev–Trinajstić information content (AvgIpc) is 3.32. The lowest BCUT2D eigenvalue weighted by molar-refractivity contribution is 0.0420. The molecule has 6 nitrogen and oxygen atoms in total. The lowest BCUT2D eigenvalue weighted by Gasteiger charge is -2.46. The quantitative estimate of drug-likeness (QED) is 0.816. The molecule has 8 heteroatoms. The van der Waals surface area contributed by atoms with Crippen LogP contribution >= 0.6 is 11.3 Å². The molecule has 1 aromatic heterocycles. The molecule has 24 heavy (non-hydrogen) atoms. The van der Waals surface area contributed by atoms with E-state index in [1.165, 1.54) is 11.3 Å². The van der Waals surface area contributed by atoms with Gasteiger partial charge in [-0.2, -0.15) is 0 Å². The largest absolute Gasteiger partial charge is 0.337 e. The highest BCUT2D eigenvalue weighted by Gasteiger charge is 2.45. The summed E-state index contributed by atoms with van der Waals surface area (Å²) >= 11 is 1.44. The summed E-state index contributed by atoms with van der Waals surface area (Å²) in [6.45, 7) is 2.81. The monoisotopic (exact) mass is 369 g/mol. The first-order chi connectivity index (χ1) is 11.5. The van der Waals surface area contributed by atoms with Crippen molar-refractivity contribution in [3.63, 3.8) is 0 Å². The summed E-state index contributed by atoms with van der Waals surface area (Å²) in [5, 5.41) is 1.69. The van der Waals surface area contributed by atoms with Crippen LogP contribution in [-0.4, -0.2) is 59.9 Å². The van der Waals surface area contributed by atoms with Gasteiger partial charge in [0, 0.05) is 31.6 Å². The highest BCUT2D eigenvalue weighted by molar-refractivity contribution is 7.90. The Morgan fingerprint density at radius 3 is 2.29 bits per heavy atom. The predicted octanol–water partition coefficient (Wildman–Crippen LogP) is 1.95. The van der Waals surface area contributed by atoms with Crippen molar-refractivity contribution in [2.45, 2.75) is 43.8 Å². The Bertz CT molecular complexity index is 695. The fourth-order valence-electron chi connectivity index (χ4n) is 3.96. The highest BCUT2D eigenvalue weighted by Crippen LogP contribution is 2.43. The molecule has 1 amide bonds. The third-order valence-corrected chi connectivity index (χ3v) is 8.84. The zero-order valence-electron chi connectivity index (χ0n) is 13.7. The third kappa shape index (κ3) is 2.99. The lowest BCUT2D eigenvalue weighted by Crippen LogP contribution is -2.49. The van der Waals surface area contributed by atoms with Gasteiger partial charge in [0.05, 0.1) is 10.8 Å². The Morgan fingerprint density at radius 2 is 1.75 bits per heavy atom. The number of amides is 1. The Morgan fingerprint density at radius 1 is 1.12 bits per heavy atom. The smallest absolute Gasteiger partial charge is 0.273 e. The zero-order valence-corrected chi connectivity index (χ0v) is 15.3. The molecule has 3 heterocycles. The molecule has 1 spiro atoms. The van der Waals surface area contributed by atoms with Gasteiger partial charge in [0.15, 0.2) is 0 Å². The van der Waals surface area contributed by atoms with Gasteiger partial charge >= 0.3 is 0 Å². The van der Waals surface area contributed by atoms with E-state index in [1.807, 2.05) is 4.90 Å². The van der Waals surface area contributed by atoms with Crippen LogP contribution in [-0.2, 0) is 10.0 Å². The number of carbonyl (C=O) groups excluding carboxylic acids is 1. The van der Waals surface area contributed by atoms with Crippen LogP contribution in [0.25, 0.3) is 0 Å². The first kappa shape index (κ1) is 16.5. The molecule has 0 unspecified atom stereocenters. The van der Waals surface area contributed by atoms with Crippen LogP contribution in [0.15, 0.2) is 10.9 Å². The van der Waals surface area contributed by atoms with Crippen molar-refractivity contribution in [3.05, 3.63) is 16.6 Å². The minimum absolute atomic E-state index is 0.0276. The second-order valence-electron chi connectivity index (χ2n) is 7.31. The summed E-state index contributed by atoms with van der Waals surface area (Å²) in [5.74, 6) is 0.0276. The summed E-state index contributed by atoms with van der Waals surface area (Å²) < 4.78 is 26.4. The van der Waals surface area contributed by atoms with Crippen molar-refractivity contribution in [2.24, 2.45) is 5.41 Å². The molecule has 0 aromatic carbocycles. The molecule has 4 rings (SSSR count). The fraction of sp³-hybridized carbons (Fsp3) is 0.750. The van der Waals surface area contributed by atoms with E-state index in [2.05, 4.69) is 4.98 Å². The Labute approximate surface area is 146 Å². The molecule has 1 aliphatic carbocycles. The van der Waals surface area contributed by atoms with Gasteiger partial charge in [0.2, 0.25) is 10.0 Å². The van der Waals surface area contributed by atoms with E-state index in [0.717, 1.165) is 51.6 Å². The predicted molar refractivity (Wildman–Crippen MR) is 92.4 cm³/mol. The second kappa shape index (κ2) is 6.07. The molecule has 0 bridgehead atoms. The molecule has 3 fully saturated rings. The standard InChI is InChI=1S/C16H23N3O3S2/c20-15(14-11-23-12-17-14)18-7-3-16(4-8-18)5-9-19(10-6-16)24(21,22)13-1-2-13/h11-13H,1-10H2. The molecular weight excluding hydrogens is 346 g/mol. The van der Waals surface area contributed by atoms with Crippen molar-refractivity contribution in [1.29, 1.82) is 0 Å². The number of hydrogen-bond donors (Lipinski definition) is 0. The zero-order chi connectivity index (χ0) is 16.8. The van der Waals surface area contributed by atoms with Crippen LogP contribution < -0.4 is 0 Å². The van der Waals surface area contributed by atoms with Gasteiger partial charge in [0.25, 0.3) is 5.91 Å². The van der Waals surface area contributed by atoms with Crippen LogP contribution in [0.1, 0.15) is 49.0 Å². The lowest BCUT2D eigenvalue weighted by atomic mass is 9.71. The number of thiazole rings is 1. The molecule has 1 aromatic rings. The van der Waals surface area contributed by atoms with Gasteiger partial charge in [-0.25, -0.2) is 17.7 Å². The number of sulfonamides is 1. The molecule has 0 atom stereocenters. The van der Waals surface area contributed by atoms with Gasteiger partial charge in [0.1, 0.15) is 5.69 Å². The van der Waals surface area contributed by atoms with E-state index in [0.29, 0.717) is 18.8 Å². The Hall–Kier alpha value is -0.990. The van der Waals surface area contributed by atoms with Crippen LogP contribution in [0.4, 0.5) is 0 Å². The molecule has 132 valence electrons. The van der Waals surface area contributed by atoms with Crippen molar-refractivity contribution in [1.82, 2.24) is 14.2 Å². The van der Waals surface area contributed by atoms with E-state index < -0.39 is 10.0 Å². The summed E-state index contributed by atoms with van der Waals surface area (Å²) in [4.78, 5) is 18.4. The van der Waals surface area contributed by atoms with Gasteiger partial charge in [-0.1, -0.05) is 0 Å². The second-order valence-corrected chi connectivity index (χ2v) is 10.2. The van der Waals surface area contributed by atoms with E-state index in [4.69, 9.17) is 0 Å². The number of rotatable bonds is 3. The van der Waals surface area contributed by atoms with E-state index in [9.17, 15) is 13.2 Å². The molecule has 2 aliphatic heterocycles. The third-order valence-electron chi connectivity index (χ3n) is 5.85. The van der Waals surface area contributed by atoms with Gasteiger partial charge in [-0.3, -0.25) is 4.79 Å². The summed E-state index contributed by atoms with van der Waals surface area (Å²) in [7, 11) is -3.04. The summed E-state index contributed by atoms with van der Waals surface area (Å²) in [5.41, 5.74) is 2.45. The number of piperidine rings is 2. The number of carbonyl (C=O) groups is 1. The van der Waals surface area contributed by atoms with Crippen LogP contribution in [0.3, 0.4) is 0 Å². The number of aromatic nitrogens is 1. The van der Waals surface area contributed by atoms with Gasteiger partial charge in [-0.15, -0.1) is 11.3 Å². The SMILES string of the molecule is O=C(c1cscn1)N1CCC2(CC1)CCN(S(=O)(=O)C1CC1)CC2. The fourth-order valence-corrected chi connectivity index (χ4v) is 6.33. The maximum atomic E-state index is 12.4. The summed E-state index contributed by atoms with van der Waals surface area (Å²) in [6.07, 6.45) is 5.46. The Kier molecular flexibility index (Phi) is 4.17. The normalized spacial score (nSPS) is 25.1. The molecule has 0 N–H and O–H groups in total. The van der Waals surface area contributed by atoms with Crippen LogP contribution in [0.2, 0.25) is 0 Å². The van der Waals surface area contributed by atoms with Crippen molar-refractivity contribution in [2.75, 3.05) is 26.2 Å². The number of nitrogens with zero attached hydrogens (tertiary/aromatic N) is 3. The number of hydrogen-bond acceptors (Lipinski definition) is 5.